The van der Waals surface area contributed by atoms with Crippen molar-refractivity contribution in [1.29, 1.82) is 0 Å². The third kappa shape index (κ3) is 3.29. The minimum Gasteiger partial charge on any atom is -0.467 e. The smallest absolute Gasteiger partial charge is 0.328 e. The minimum atomic E-state index is -0.572. The Balaban J connectivity index is 1.99. The predicted octanol–water partition coefficient (Wildman–Crippen LogP) is 1.15. The molecule has 0 unspecified atom stereocenters. The fourth-order valence-electron chi connectivity index (χ4n) is 1.77. The van der Waals surface area contributed by atoms with Crippen molar-refractivity contribution in [3.05, 3.63) is 30.1 Å². The second-order valence-corrected chi connectivity index (χ2v) is 4.44. The molecular weight excluding hydrogens is 232 g/mol. The zero-order valence-electron chi connectivity index (χ0n) is 10.3. The highest BCUT2D eigenvalue weighted by molar-refractivity contribution is 5.95. The van der Waals surface area contributed by atoms with E-state index in [0.29, 0.717) is 18.0 Å². The monoisotopic (exact) mass is 248 g/mol. The third-order valence-corrected chi connectivity index (χ3v) is 2.95. The highest BCUT2D eigenvalue weighted by Crippen LogP contribution is 2.33. The molecule has 1 fully saturated rings. The summed E-state index contributed by atoms with van der Waals surface area (Å²) >= 11 is 0. The SMILES string of the molecule is COC(=O)[C@H](CC1CC1)NC(=O)c1ccccn1. The average molecular weight is 248 g/mol. The number of nitrogens with zero attached hydrogens (tertiary/aromatic N) is 1. The maximum Gasteiger partial charge on any atom is 0.328 e. The summed E-state index contributed by atoms with van der Waals surface area (Å²) in [4.78, 5) is 27.4. The number of hydrogen-bond acceptors (Lipinski definition) is 4. The molecule has 0 aliphatic heterocycles. The lowest BCUT2D eigenvalue weighted by Crippen LogP contribution is -2.42. The molecule has 0 bridgehead atoms. The van der Waals surface area contributed by atoms with Gasteiger partial charge in [0.05, 0.1) is 7.11 Å². The van der Waals surface area contributed by atoms with Crippen LogP contribution in [0.3, 0.4) is 0 Å². The summed E-state index contributed by atoms with van der Waals surface area (Å²) in [5, 5.41) is 2.68. The summed E-state index contributed by atoms with van der Waals surface area (Å²) in [7, 11) is 1.33. The van der Waals surface area contributed by atoms with E-state index in [1.54, 1.807) is 24.4 Å². The van der Waals surface area contributed by atoms with E-state index in [2.05, 4.69) is 10.3 Å². The van der Waals surface area contributed by atoms with E-state index in [1.807, 2.05) is 0 Å². The normalized spacial score (nSPS) is 15.8. The van der Waals surface area contributed by atoms with Gasteiger partial charge in [-0.3, -0.25) is 9.78 Å². The molecule has 1 N–H and O–H groups in total. The summed E-state index contributed by atoms with van der Waals surface area (Å²) < 4.78 is 4.70. The Morgan fingerprint density at radius 1 is 1.50 bits per heavy atom. The standard InChI is InChI=1S/C13H16N2O3/c1-18-13(17)11(8-9-5-6-9)15-12(16)10-4-2-3-7-14-10/h2-4,7,9,11H,5-6,8H2,1H3,(H,15,16)/t11-/m0/s1. The first-order valence-electron chi connectivity index (χ1n) is 6.00. The molecule has 1 aliphatic carbocycles. The van der Waals surface area contributed by atoms with Crippen molar-refractivity contribution >= 4 is 11.9 Å². The zero-order chi connectivity index (χ0) is 13.0. The first-order chi connectivity index (χ1) is 8.70. The Morgan fingerprint density at radius 2 is 2.28 bits per heavy atom. The average Bonchev–Trinajstić information content (AvgIpc) is 3.22. The van der Waals surface area contributed by atoms with E-state index in [-0.39, 0.29) is 5.91 Å². The topological polar surface area (TPSA) is 68.3 Å². The van der Waals surface area contributed by atoms with E-state index < -0.39 is 12.0 Å². The lowest BCUT2D eigenvalue weighted by Gasteiger charge is -2.15. The van der Waals surface area contributed by atoms with Crippen LogP contribution in [0, 0.1) is 5.92 Å². The van der Waals surface area contributed by atoms with E-state index in [4.69, 9.17) is 4.74 Å². The van der Waals surface area contributed by atoms with Gasteiger partial charge in [-0.25, -0.2) is 4.79 Å². The first-order valence-corrected chi connectivity index (χ1v) is 6.00. The van der Waals surface area contributed by atoms with Gasteiger partial charge in [-0.15, -0.1) is 0 Å². The van der Waals surface area contributed by atoms with Crippen LogP contribution in [0.1, 0.15) is 29.8 Å². The molecule has 5 nitrogen and oxygen atoms in total. The van der Waals surface area contributed by atoms with Gasteiger partial charge in [0.1, 0.15) is 11.7 Å². The summed E-state index contributed by atoms with van der Waals surface area (Å²) in [6.07, 6.45) is 4.42. The Morgan fingerprint density at radius 3 is 2.83 bits per heavy atom. The van der Waals surface area contributed by atoms with Gasteiger partial charge in [0.25, 0.3) is 5.91 Å². The fraction of sp³-hybridized carbons (Fsp3) is 0.462. The van der Waals surface area contributed by atoms with Gasteiger partial charge in [-0.05, 0) is 24.5 Å². The molecule has 1 heterocycles. The number of aromatic nitrogens is 1. The molecule has 0 aromatic carbocycles. The second-order valence-electron chi connectivity index (χ2n) is 4.44. The lowest BCUT2D eigenvalue weighted by molar-refractivity contribution is -0.143. The number of carbonyl (C=O) groups excluding carboxylic acids is 2. The molecule has 1 aliphatic rings. The molecule has 5 heteroatoms. The van der Waals surface area contributed by atoms with Crippen LogP contribution >= 0.6 is 0 Å². The van der Waals surface area contributed by atoms with Crippen LogP contribution in [-0.4, -0.2) is 30.0 Å². The van der Waals surface area contributed by atoms with Crippen molar-refractivity contribution in [3.63, 3.8) is 0 Å². The fourth-order valence-corrected chi connectivity index (χ4v) is 1.77. The van der Waals surface area contributed by atoms with Gasteiger partial charge in [-0.2, -0.15) is 0 Å². The van der Waals surface area contributed by atoms with Crippen LogP contribution in [0.2, 0.25) is 0 Å². The number of hydrogen-bond donors (Lipinski definition) is 1. The number of esters is 1. The number of nitrogens with one attached hydrogen (secondary N) is 1. The molecule has 0 radical (unpaired) electrons. The molecule has 1 aromatic heterocycles. The van der Waals surface area contributed by atoms with Gasteiger partial charge in [0.2, 0.25) is 0 Å². The number of amides is 1. The first kappa shape index (κ1) is 12.5. The van der Waals surface area contributed by atoms with Gasteiger partial charge in [0.15, 0.2) is 0 Å². The molecule has 0 saturated heterocycles. The Kier molecular flexibility index (Phi) is 3.92. The number of carbonyl (C=O) groups is 2. The highest BCUT2D eigenvalue weighted by Gasteiger charge is 2.31. The van der Waals surface area contributed by atoms with Crippen molar-refractivity contribution in [2.45, 2.75) is 25.3 Å². The van der Waals surface area contributed by atoms with Gasteiger partial charge < -0.3 is 10.1 Å². The Labute approximate surface area is 106 Å². The number of methoxy groups -OCH3 is 1. The largest absolute Gasteiger partial charge is 0.467 e. The van der Waals surface area contributed by atoms with Crippen molar-refractivity contribution in [2.24, 2.45) is 5.92 Å². The maximum atomic E-state index is 11.9. The molecule has 1 atom stereocenters. The van der Waals surface area contributed by atoms with E-state index >= 15 is 0 Å². The molecule has 1 aromatic rings. The van der Waals surface area contributed by atoms with E-state index in [0.717, 1.165) is 12.8 Å². The summed E-state index contributed by atoms with van der Waals surface area (Å²) in [5.41, 5.74) is 0.308. The number of ether oxygens (including phenoxy) is 1. The summed E-state index contributed by atoms with van der Waals surface area (Å²) in [6, 6.07) is 4.51. The Bertz CT molecular complexity index is 429. The van der Waals surface area contributed by atoms with Crippen LogP contribution in [0.4, 0.5) is 0 Å². The molecule has 18 heavy (non-hydrogen) atoms. The molecule has 1 saturated carbocycles. The minimum absolute atomic E-state index is 0.308. The van der Waals surface area contributed by atoms with Crippen molar-refractivity contribution < 1.29 is 14.3 Å². The molecule has 2 rings (SSSR count). The Hall–Kier alpha value is -1.91. The molecule has 1 amide bonds. The van der Waals surface area contributed by atoms with Gasteiger partial charge in [-0.1, -0.05) is 18.9 Å². The highest BCUT2D eigenvalue weighted by atomic mass is 16.5. The van der Waals surface area contributed by atoms with Crippen LogP contribution in [0.25, 0.3) is 0 Å². The van der Waals surface area contributed by atoms with Gasteiger partial charge >= 0.3 is 5.97 Å². The van der Waals surface area contributed by atoms with Crippen molar-refractivity contribution in [3.8, 4) is 0 Å². The van der Waals surface area contributed by atoms with Crippen molar-refractivity contribution in [1.82, 2.24) is 10.3 Å². The van der Waals surface area contributed by atoms with E-state index in [1.165, 1.54) is 7.11 Å². The van der Waals surface area contributed by atoms with Gasteiger partial charge in [0, 0.05) is 6.20 Å². The van der Waals surface area contributed by atoms with Crippen LogP contribution in [0.5, 0.6) is 0 Å². The predicted molar refractivity (Wildman–Crippen MR) is 64.8 cm³/mol. The lowest BCUT2D eigenvalue weighted by atomic mass is 10.1. The molecule has 0 spiro atoms. The molecule has 96 valence electrons. The summed E-state index contributed by atoms with van der Waals surface area (Å²) in [6.45, 7) is 0. The summed E-state index contributed by atoms with van der Waals surface area (Å²) in [5.74, 6) is -0.212. The van der Waals surface area contributed by atoms with Crippen LogP contribution < -0.4 is 5.32 Å². The quantitative estimate of drug-likeness (QED) is 0.794. The van der Waals surface area contributed by atoms with Crippen LogP contribution in [0.15, 0.2) is 24.4 Å². The second kappa shape index (κ2) is 5.62. The maximum absolute atomic E-state index is 11.9. The number of rotatable bonds is 5. The van der Waals surface area contributed by atoms with Crippen LogP contribution in [-0.2, 0) is 9.53 Å². The zero-order valence-corrected chi connectivity index (χ0v) is 10.3. The number of pyridine rings is 1. The van der Waals surface area contributed by atoms with Crippen molar-refractivity contribution in [2.75, 3.05) is 7.11 Å². The van der Waals surface area contributed by atoms with E-state index in [9.17, 15) is 9.59 Å². The third-order valence-electron chi connectivity index (χ3n) is 2.95. The molecular formula is C13H16N2O3.